The molecular formula is C21H23N3O4S. The number of nitrogens with one attached hydrogen (secondary N) is 2. The Morgan fingerprint density at radius 3 is 2.21 bits per heavy atom. The molecule has 0 saturated heterocycles. The molecule has 1 heterocycles. The third-order valence-electron chi connectivity index (χ3n) is 4.27. The first-order valence-corrected chi connectivity index (χ1v) is 10.7. The van der Waals surface area contributed by atoms with Crippen molar-refractivity contribution < 1.29 is 17.7 Å². The van der Waals surface area contributed by atoms with Crippen molar-refractivity contribution in [1.29, 1.82) is 0 Å². The Bertz CT molecular complexity index is 1090. The fourth-order valence-corrected chi connectivity index (χ4v) is 3.89. The van der Waals surface area contributed by atoms with Crippen molar-refractivity contribution >= 4 is 27.3 Å². The second kappa shape index (κ2) is 8.48. The van der Waals surface area contributed by atoms with Crippen molar-refractivity contribution in [1.82, 2.24) is 5.16 Å². The molecule has 152 valence electrons. The lowest BCUT2D eigenvalue weighted by Gasteiger charge is -2.10. The summed E-state index contributed by atoms with van der Waals surface area (Å²) < 4.78 is 32.6. The van der Waals surface area contributed by atoms with Crippen LogP contribution in [0.2, 0.25) is 0 Å². The molecule has 0 saturated carbocycles. The molecular weight excluding hydrogens is 390 g/mol. The minimum absolute atomic E-state index is 0.199. The summed E-state index contributed by atoms with van der Waals surface area (Å²) in [4.78, 5) is 12.4. The smallest absolute Gasteiger partial charge is 0.261 e. The zero-order valence-electron chi connectivity index (χ0n) is 16.5. The van der Waals surface area contributed by atoms with Gasteiger partial charge in [0.1, 0.15) is 11.3 Å². The van der Waals surface area contributed by atoms with Gasteiger partial charge in [-0.15, -0.1) is 0 Å². The van der Waals surface area contributed by atoms with Crippen LogP contribution >= 0.6 is 0 Å². The van der Waals surface area contributed by atoms with Crippen LogP contribution in [-0.2, 0) is 16.4 Å². The predicted octanol–water partition coefficient (Wildman–Crippen LogP) is 4.23. The highest BCUT2D eigenvalue weighted by Gasteiger charge is 2.15. The van der Waals surface area contributed by atoms with Gasteiger partial charge in [-0.2, -0.15) is 0 Å². The van der Waals surface area contributed by atoms with Crippen LogP contribution in [0.15, 0.2) is 64.1 Å². The molecule has 0 aliphatic carbocycles. The van der Waals surface area contributed by atoms with Crippen molar-refractivity contribution in [3.63, 3.8) is 0 Å². The predicted molar refractivity (Wildman–Crippen MR) is 111 cm³/mol. The number of sulfonamides is 1. The van der Waals surface area contributed by atoms with Gasteiger partial charge in [0.15, 0.2) is 0 Å². The first-order valence-electron chi connectivity index (χ1n) is 9.19. The van der Waals surface area contributed by atoms with E-state index in [2.05, 4.69) is 29.0 Å². The summed E-state index contributed by atoms with van der Waals surface area (Å²) in [5.74, 6) is 0.577. The minimum atomic E-state index is -3.69. The molecule has 0 unspecified atom stereocenters. The number of anilines is 2. The lowest BCUT2D eigenvalue weighted by molar-refractivity contribution is 0.102. The van der Waals surface area contributed by atoms with Gasteiger partial charge >= 0.3 is 0 Å². The number of nitrogens with zero attached hydrogens (tertiary/aromatic N) is 1. The van der Waals surface area contributed by atoms with Crippen molar-refractivity contribution in [2.45, 2.75) is 32.1 Å². The molecule has 0 bridgehead atoms. The fraction of sp³-hybridized carbons (Fsp3) is 0.238. The molecule has 3 aromatic rings. The van der Waals surface area contributed by atoms with Crippen LogP contribution in [0.3, 0.4) is 0 Å². The largest absolute Gasteiger partial charge is 0.361 e. The molecule has 0 fully saturated rings. The average molecular weight is 413 g/mol. The number of benzene rings is 2. The number of carbonyl (C=O) groups excluding carboxylic acids is 1. The monoisotopic (exact) mass is 413 g/mol. The molecule has 3 rings (SSSR count). The molecule has 8 heteroatoms. The van der Waals surface area contributed by atoms with E-state index in [1.807, 2.05) is 12.1 Å². The summed E-state index contributed by atoms with van der Waals surface area (Å²) in [7, 11) is -3.69. The summed E-state index contributed by atoms with van der Waals surface area (Å²) in [5, 5.41) is 6.29. The van der Waals surface area contributed by atoms with Crippen LogP contribution in [0, 0.1) is 12.8 Å². The lowest BCUT2D eigenvalue weighted by Crippen LogP contribution is -2.14. The Hall–Kier alpha value is -3.13. The number of rotatable bonds is 7. The quantitative estimate of drug-likeness (QED) is 0.603. The standard InChI is InChI=1S/C21H23N3O4S/c1-14(2)12-16-4-10-19(11-5-16)29(26,27)24-18-8-6-17(7-9-18)23-21(25)20-13-22-28-15(20)3/h4-11,13-14,24H,12H2,1-3H3,(H,23,25). The van der Waals surface area contributed by atoms with Crippen molar-refractivity contribution in [3.05, 3.63) is 71.6 Å². The van der Waals surface area contributed by atoms with Crippen LogP contribution in [0.5, 0.6) is 0 Å². The maximum Gasteiger partial charge on any atom is 0.261 e. The van der Waals surface area contributed by atoms with E-state index < -0.39 is 10.0 Å². The summed E-state index contributed by atoms with van der Waals surface area (Å²) in [6.45, 7) is 5.88. The highest BCUT2D eigenvalue weighted by molar-refractivity contribution is 7.92. The number of aromatic nitrogens is 1. The van der Waals surface area contributed by atoms with Gasteiger partial charge in [0.25, 0.3) is 15.9 Å². The van der Waals surface area contributed by atoms with E-state index in [4.69, 9.17) is 4.52 Å². The van der Waals surface area contributed by atoms with Crippen LogP contribution in [-0.4, -0.2) is 19.5 Å². The van der Waals surface area contributed by atoms with Crippen LogP contribution in [0.1, 0.15) is 35.5 Å². The molecule has 0 aliphatic rings. The molecule has 1 aromatic heterocycles. The summed E-state index contributed by atoms with van der Waals surface area (Å²) >= 11 is 0. The van der Waals surface area contributed by atoms with Gasteiger partial charge in [0, 0.05) is 11.4 Å². The third-order valence-corrected chi connectivity index (χ3v) is 5.67. The molecule has 7 nitrogen and oxygen atoms in total. The lowest BCUT2D eigenvalue weighted by atomic mass is 10.0. The maximum absolute atomic E-state index is 12.6. The molecule has 0 atom stereocenters. The average Bonchev–Trinajstić information content (AvgIpc) is 3.09. The van der Waals surface area contributed by atoms with Gasteiger partial charge in [-0.3, -0.25) is 9.52 Å². The van der Waals surface area contributed by atoms with Crippen molar-refractivity contribution in [3.8, 4) is 0 Å². The first-order chi connectivity index (χ1) is 13.7. The van der Waals surface area contributed by atoms with Gasteiger partial charge in [-0.25, -0.2) is 8.42 Å². The molecule has 0 spiro atoms. The highest BCUT2D eigenvalue weighted by atomic mass is 32.2. The Morgan fingerprint density at radius 1 is 1.03 bits per heavy atom. The fourth-order valence-electron chi connectivity index (χ4n) is 2.83. The van der Waals surface area contributed by atoms with Crippen LogP contribution < -0.4 is 10.0 Å². The Balaban J connectivity index is 1.67. The Labute approximate surface area is 170 Å². The number of hydrogen-bond acceptors (Lipinski definition) is 5. The van der Waals surface area contributed by atoms with Crippen molar-refractivity contribution in [2.75, 3.05) is 10.0 Å². The normalized spacial score (nSPS) is 11.4. The van der Waals surface area contributed by atoms with Gasteiger partial charge in [-0.05, 0) is 61.2 Å². The Kier molecular flexibility index (Phi) is 6.03. The maximum atomic E-state index is 12.6. The van der Waals surface area contributed by atoms with E-state index in [0.29, 0.717) is 28.6 Å². The van der Waals surface area contributed by atoms with E-state index in [9.17, 15) is 13.2 Å². The van der Waals surface area contributed by atoms with Gasteiger partial charge in [-0.1, -0.05) is 31.1 Å². The van der Waals surface area contributed by atoms with Crippen LogP contribution in [0.25, 0.3) is 0 Å². The molecule has 2 N–H and O–H groups in total. The summed E-state index contributed by atoms with van der Waals surface area (Å²) in [6.07, 6.45) is 2.24. The number of amides is 1. The zero-order valence-corrected chi connectivity index (χ0v) is 17.3. The van der Waals surface area contributed by atoms with E-state index in [-0.39, 0.29) is 10.8 Å². The van der Waals surface area contributed by atoms with Crippen LogP contribution in [0.4, 0.5) is 11.4 Å². The van der Waals surface area contributed by atoms with E-state index in [1.54, 1.807) is 43.3 Å². The Morgan fingerprint density at radius 2 is 1.66 bits per heavy atom. The summed E-state index contributed by atoms with van der Waals surface area (Å²) in [6, 6.07) is 13.3. The summed E-state index contributed by atoms with van der Waals surface area (Å²) in [5.41, 5.74) is 2.37. The number of carbonyl (C=O) groups is 1. The first kappa shape index (κ1) is 20.6. The third kappa shape index (κ3) is 5.23. The van der Waals surface area contributed by atoms with E-state index in [1.165, 1.54) is 6.20 Å². The van der Waals surface area contributed by atoms with E-state index in [0.717, 1.165) is 12.0 Å². The minimum Gasteiger partial charge on any atom is -0.361 e. The van der Waals surface area contributed by atoms with E-state index >= 15 is 0 Å². The molecule has 0 aliphatic heterocycles. The number of aryl methyl sites for hydroxylation is 1. The SMILES string of the molecule is Cc1oncc1C(=O)Nc1ccc(NS(=O)(=O)c2ccc(CC(C)C)cc2)cc1. The highest BCUT2D eigenvalue weighted by Crippen LogP contribution is 2.20. The number of hydrogen-bond donors (Lipinski definition) is 2. The van der Waals surface area contributed by atoms with Gasteiger partial charge < -0.3 is 9.84 Å². The zero-order chi connectivity index (χ0) is 21.0. The van der Waals surface area contributed by atoms with Gasteiger partial charge in [0.2, 0.25) is 0 Å². The second-order valence-corrected chi connectivity index (χ2v) is 8.86. The molecule has 29 heavy (non-hydrogen) atoms. The molecule has 0 radical (unpaired) electrons. The molecule has 1 amide bonds. The second-order valence-electron chi connectivity index (χ2n) is 7.17. The van der Waals surface area contributed by atoms with Gasteiger partial charge in [0.05, 0.1) is 11.1 Å². The molecule has 2 aromatic carbocycles. The van der Waals surface area contributed by atoms with Crippen molar-refractivity contribution in [2.24, 2.45) is 5.92 Å². The topological polar surface area (TPSA) is 101 Å².